The molecule has 0 atom stereocenters. The molecule has 0 unspecified atom stereocenters. The summed E-state index contributed by atoms with van der Waals surface area (Å²) in [4.78, 5) is 2.25. The van der Waals surface area contributed by atoms with Crippen LogP contribution in [0.2, 0.25) is 0 Å². The fourth-order valence-electron chi connectivity index (χ4n) is 6.16. The Morgan fingerprint density at radius 3 is 2.51 bits per heavy atom. The third-order valence-electron chi connectivity index (χ3n) is 8.56. The smallest absolute Gasteiger partial charge is 0.406 e. The van der Waals surface area contributed by atoms with E-state index in [0.717, 1.165) is 68.3 Å². The Bertz CT molecular complexity index is 1670. The molecule has 0 radical (unpaired) electrons. The van der Waals surface area contributed by atoms with Crippen molar-refractivity contribution in [3.8, 4) is 17.6 Å². The van der Waals surface area contributed by atoms with Crippen LogP contribution in [0.25, 0.3) is 10.9 Å². The summed E-state index contributed by atoms with van der Waals surface area (Å²) in [5, 5.41) is 12.3. The van der Waals surface area contributed by atoms with Gasteiger partial charge in [0, 0.05) is 41.8 Å². The Morgan fingerprint density at radius 1 is 1.11 bits per heavy atom. The summed E-state index contributed by atoms with van der Waals surface area (Å²) < 4.78 is 88.7. The summed E-state index contributed by atoms with van der Waals surface area (Å²) in [7, 11) is -4.04. The number of hydrogen-bond donors (Lipinski definition) is 3. The lowest BCUT2D eigenvalue weighted by Crippen LogP contribution is -2.54. The second-order valence-corrected chi connectivity index (χ2v) is 13.2. The molecule has 0 spiro atoms. The molecule has 1 aliphatic heterocycles. The molecule has 2 aromatic carbocycles. The second-order valence-electron chi connectivity index (χ2n) is 11.6. The van der Waals surface area contributed by atoms with Crippen LogP contribution in [-0.2, 0) is 21.3 Å². The highest BCUT2D eigenvalue weighted by Gasteiger charge is 2.37. The van der Waals surface area contributed by atoms with Gasteiger partial charge in [-0.25, -0.2) is 17.9 Å². The van der Waals surface area contributed by atoms with E-state index in [0.29, 0.717) is 10.9 Å². The number of morpholine rings is 1. The maximum absolute atomic E-state index is 13.7. The normalized spacial score (nSPS) is 21.2. The number of primary sulfonamides is 1. The van der Waals surface area contributed by atoms with E-state index in [1.165, 1.54) is 12.1 Å². The molecule has 1 aliphatic carbocycles. The lowest BCUT2D eigenvalue weighted by Gasteiger charge is -2.47. The fourth-order valence-corrected chi connectivity index (χ4v) is 6.69. The molecule has 4 N–H and O–H groups in total. The van der Waals surface area contributed by atoms with Gasteiger partial charge in [0.05, 0.1) is 41.6 Å². The minimum atomic E-state index is -4.47. The van der Waals surface area contributed by atoms with Crippen LogP contribution in [0.15, 0.2) is 47.4 Å². The first kappa shape index (κ1) is 32.9. The summed E-state index contributed by atoms with van der Waals surface area (Å²) in [6.45, 7) is 3.20. The lowest BCUT2D eigenvalue weighted by molar-refractivity contribution is -0.140. The van der Waals surface area contributed by atoms with Gasteiger partial charge in [0.2, 0.25) is 16.9 Å². The van der Waals surface area contributed by atoms with Crippen LogP contribution in [0.5, 0.6) is 5.75 Å². The van der Waals surface area contributed by atoms with E-state index >= 15 is 0 Å². The van der Waals surface area contributed by atoms with E-state index in [4.69, 9.17) is 14.6 Å². The van der Waals surface area contributed by atoms with Crippen molar-refractivity contribution < 1.29 is 35.5 Å². The number of nitrogens with two attached hydrogens (primary N) is 1. The minimum Gasteiger partial charge on any atom is -0.461 e. The standard InChI is InChI=1S/C31H37F4N5O4S/c1-30(39-14-16-43-17-15-39)11-9-22(10-12-30)38-26-5-2-6-28-25(26)18-23(40(28)20-31(33,34)35)4-3-13-37-27-8-7-24(45(36,41)42)19-29(27)44-21-32/h2,5-8,18-19,22,37-38H,9-17,20-21H2,1H3,(H2,36,41,42). The van der Waals surface area contributed by atoms with Crippen LogP contribution in [-0.4, -0.2) is 75.4 Å². The van der Waals surface area contributed by atoms with Crippen LogP contribution in [0, 0.1) is 11.8 Å². The molecule has 14 heteroatoms. The van der Waals surface area contributed by atoms with Gasteiger partial charge in [-0.1, -0.05) is 12.0 Å². The highest BCUT2D eigenvalue weighted by Crippen LogP contribution is 2.37. The predicted octanol–water partition coefficient (Wildman–Crippen LogP) is 5.07. The number of nitrogens with one attached hydrogen (secondary N) is 2. The Hall–Kier alpha value is -3.51. The van der Waals surface area contributed by atoms with Gasteiger partial charge in [0.25, 0.3) is 0 Å². The monoisotopic (exact) mass is 651 g/mol. The van der Waals surface area contributed by atoms with Gasteiger partial charge >= 0.3 is 6.18 Å². The van der Waals surface area contributed by atoms with Crippen LogP contribution in [0.1, 0.15) is 38.3 Å². The van der Waals surface area contributed by atoms with Crippen molar-refractivity contribution in [2.75, 3.05) is 50.3 Å². The molecule has 3 aromatic rings. The van der Waals surface area contributed by atoms with Crippen molar-refractivity contribution in [1.29, 1.82) is 0 Å². The largest absolute Gasteiger partial charge is 0.461 e. The highest BCUT2D eigenvalue weighted by molar-refractivity contribution is 7.89. The Kier molecular flexibility index (Phi) is 9.83. The minimum absolute atomic E-state index is 0.0417. The van der Waals surface area contributed by atoms with E-state index in [1.54, 1.807) is 18.2 Å². The number of benzene rings is 2. The molecule has 2 aliphatic rings. The summed E-state index contributed by atoms with van der Waals surface area (Å²) in [6, 6.07) is 10.8. The Labute approximate surface area is 260 Å². The first-order valence-electron chi connectivity index (χ1n) is 14.7. The maximum Gasteiger partial charge on any atom is 0.406 e. The summed E-state index contributed by atoms with van der Waals surface area (Å²) in [5.74, 6) is 5.56. The summed E-state index contributed by atoms with van der Waals surface area (Å²) >= 11 is 0. The SMILES string of the molecule is CC1(N2CCOCC2)CCC(Nc2cccc3c2cc(C#CCNc2ccc(S(N)(=O)=O)cc2OCF)n3CC(F)(F)F)CC1. The number of hydrogen-bond acceptors (Lipinski definition) is 7. The molecule has 9 nitrogen and oxygen atoms in total. The van der Waals surface area contributed by atoms with Crippen molar-refractivity contribution in [3.63, 3.8) is 0 Å². The third kappa shape index (κ3) is 8.02. The zero-order valence-electron chi connectivity index (χ0n) is 24.9. The van der Waals surface area contributed by atoms with E-state index in [1.807, 2.05) is 6.07 Å². The molecule has 0 bridgehead atoms. The van der Waals surface area contributed by atoms with E-state index < -0.39 is 29.6 Å². The van der Waals surface area contributed by atoms with Crippen molar-refractivity contribution in [2.24, 2.45) is 5.14 Å². The molecule has 1 saturated carbocycles. The molecule has 1 aromatic heterocycles. The summed E-state index contributed by atoms with van der Waals surface area (Å²) in [5.41, 5.74) is 1.72. The van der Waals surface area contributed by atoms with Gasteiger partial charge in [0.1, 0.15) is 12.3 Å². The Balaban J connectivity index is 1.34. The first-order valence-corrected chi connectivity index (χ1v) is 16.3. The average molecular weight is 652 g/mol. The quantitative estimate of drug-likeness (QED) is 0.219. The summed E-state index contributed by atoms with van der Waals surface area (Å²) in [6.07, 6.45) is -0.554. The topological polar surface area (TPSA) is 111 Å². The van der Waals surface area contributed by atoms with Crippen LogP contribution < -0.4 is 20.5 Å². The lowest BCUT2D eigenvalue weighted by atomic mass is 9.79. The molecular formula is C31H37F4N5O4S. The number of sulfonamides is 1. The number of nitrogens with zero attached hydrogens (tertiary/aromatic N) is 2. The van der Waals surface area contributed by atoms with E-state index in [-0.39, 0.29) is 40.2 Å². The van der Waals surface area contributed by atoms with Gasteiger partial charge in [-0.05, 0) is 68.9 Å². The molecule has 45 heavy (non-hydrogen) atoms. The zero-order valence-corrected chi connectivity index (χ0v) is 25.7. The maximum atomic E-state index is 13.7. The second kappa shape index (κ2) is 13.5. The van der Waals surface area contributed by atoms with Crippen molar-refractivity contribution in [1.82, 2.24) is 9.47 Å². The van der Waals surface area contributed by atoms with Crippen LogP contribution in [0.3, 0.4) is 0 Å². The third-order valence-corrected chi connectivity index (χ3v) is 9.47. The van der Waals surface area contributed by atoms with Crippen LogP contribution >= 0.6 is 0 Å². The van der Waals surface area contributed by atoms with Crippen molar-refractivity contribution in [2.45, 2.75) is 61.8 Å². The number of aromatic nitrogens is 1. The number of halogens is 4. The number of alkyl halides is 4. The van der Waals surface area contributed by atoms with Crippen molar-refractivity contribution in [3.05, 3.63) is 48.2 Å². The molecular weight excluding hydrogens is 614 g/mol. The van der Waals surface area contributed by atoms with Crippen molar-refractivity contribution >= 4 is 32.3 Å². The van der Waals surface area contributed by atoms with Gasteiger partial charge in [0.15, 0.2) is 0 Å². The predicted molar refractivity (Wildman–Crippen MR) is 164 cm³/mol. The van der Waals surface area contributed by atoms with E-state index in [9.17, 15) is 26.0 Å². The van der Waals surface area contributed by atoms with Gasteiger partial charge < -0.3 is 24.7 Å². The highest BCUT2D eigenvalue weighted by atomic mass is 32.2. The average Bonchev–Trinajstić information content (AvgIpc) is 3.33. The van der Waals surface area contributed by atoms with Gasteiger partial charge in [-0.15, -0.1) is 0 Å². The van der Waals surface area contributed by atoms with Crippen LogP contribution in [0.4, 0.5) is 28.9 Å². The fraction of sp³-hybridized carbons (Fsp3) is 0.484. The first-order chi connectivity index (χ1) is 21.4. The molecule has 0 amide bonds. The number of anilines is 2. The molecule has 244 valence electrons. The molecule has 2 heterocycles. The Morgan fingerprint density at radius 2 is 1.84 bits per heavy atom. The molecule has 1 saturated heterocycles. The van der Waals surface area contributed by atoms with Gasteiger partial charge in [-0.2, -0.15) is 13.2 Å². The molecule has 5 rings (SSSR count). The number of ether oxygens (including phenoxy) is 2. The molecule has 2 fully saturated rings. The zero-order chi connectivity index (χ0) is 32.2. The number of fused-ring (bicyclic) bond motifs is 1. The number of rotatable bonds is 9. The van der Waals surface area contributed by atoms with E-state index in [2.05, 4.69) is 34.3 Å². The van der Waals surface area contributed by atoms with Gasteiger partial charge in [-0.3, -0.25) is 4.90 Å².